The number of morpholine rings is 1. The van der Waals surface area contributed by atoms with E-state index < -0.39 is 5.95 Å². The number of carbonyl (C=O) groups is 1. The Hall–Kier alpha value is -2.91. The molecule has 0 saturated carbocycles. The predicted octanol–water partition coefficient (Wildman–Crippen LogP) is 3.06. The fourth-order valence-electron chi connectivity index (χ4n) is 3.09. The lowest BCUT2D eigenvalue weighted by Gasteiger charge is -2.36. The summed E-state index contributed by atoms with van der Waals surface area (Å²) < 4.78 is 25.3. The first-order valence-electron chi connectivity index (χ1n) is 8.72. The molecule has 1 fully saturated rings. The summed E-state index contributed by atoms with van der Waals surface area (Å²) in [5.41, 5.74) is 1.12. The van der Waals surface area contributed by atoms with Gasteiger partial charge < -0.3 is 14.4 Å². The number of pyridine rings is 1. The third-order valence-electron chi connectivity index (χ3n) is 4.26. The summed E-state index contributed by atoms with van der Waals surface area (Å²) in [7, 11) is 1.58. The fraction of sp³-hybridized carbons (Fsp3) is 0.333. The topological polar surface area (TPSA) is 51.7 Å². The van der Waals surface area contributed by atoms with Crippen LogP contribution in [0.1, 0.15) is 35.3 Å². The maximum Gasteiger partial charge on any atom is 0.230 e. The van der Waals surface area contributed by atoms with Crippen LogP contribution in [0.4, 0.5) is 10.2 Å². The highest BCUT2D eigenvalue weighted by Gasteiger charge is 2.26. The molecular weight excluding hydrogens is 347 g/mol. The molecule has 1 saturated heterocycles. The van der Waals surface area contributed by atoms with Crippen molar-refractivity contribution in [2.75, 3.05) is 25.1 Å². The first-order chi connectivity index (χ1) is 13.0. The Bertz CT molecular complexity index is 877. The Morgan fingerprint density at radius 2 is 1.89 bits per heavy atom. The van der Waals surface area contributed by atoms with Crippen LogP contribution >= 0.6 is 0 Å². The quantitative estimate of drug-likeness (QED) is 0.474. The largest absolute Gasteiger partial charge is 0.497 e. The SMILES string of the molecule is COc1ccc(C#Cc2cc(C=O)c(N3CC(C)OC(C)C3)nc2F)cc1. The van der Waals surface area contributed by atoms with Gasteiger partial charge in [0.15, 0.2) is 6.29 Å². The van der Waals surface area contributed by atoms with Crippen LogP contribution in [-0.4, -0.2) is 43.7 Å². The van der Waals surface area contributed by atoms with Crippen LogP contribution in [0.5, 0.6) is 5.75 Å². The van der Waals surface area contributed by atoms with Gasteiger partial charge in [0.05, 0.1) is 30.4 Å². The van der Waals surface area contributed by atoms with Crippen molar-refractivity contribution in [2.45, 2.75) is 26.1 Å². The van der Waals surface area contributed by atoms with E-state index in [1.165, 1.54) is 6.07 Å². The minimum atomic E-state index is -0.691. The van der Waals surface area contributed by atoms with Gasteiger partial charge in [0.1, 0.15) is 11.6 Å². The summed E-state index contributed by atoms with van der Waals surface area (Å²) in [4.78, 5) is 17.5. The first kappa shape index (κ1) is 18.9. The summed E-state index contributed by atoms with van der Waals surface area (Å²) in [6, 6.07) is 8.57. The first-order valence-corrected chi connectivity index (χ1v) is 8.72. The van der Waals surface area contributed by atoms with E-state index in [0.717, 1.165) is 5.75 Å². The molecule has 0 aliphatic carbocycles. The van der Waals surface area contributed by atoms with Crippen molar-refractivity contribution < 1.29 is 18.7 Å². The Morgan fingerprint density at radius 3 is 2.48 bits per heavy atom. The predicted molar refractivity (Wildman–Crippen MR) is 101 cm³/mol. The van der Waals surface area contributed by atoms with Crippen LogP contribution in [-0.2, 0) is 4.74 Å². The fourth-order valence-corrected chi connectivity index (χ4v) is 3.09. The molecule has 27 heavy (non-hydrogen) atoms. The smallest absolute Gasteiger partial charge is 0.230 e. The number of hydrogen-bond acceptors (Lipinski definition) is 5. The minimum absolute atomic E-state index is 0.0207. The zero-order chi connectivity index (χ0) is 19.4. The highest BCUT2D eigenvalue weighted by atomic mass is 19.1. The molecule has 0 N–H and O–H groups in total. The zero-order valence-electron chi connectivity index (χ0n) is 15.5. The van der Waals surface area contributed by atoms with E-state index >= 15 is 0 Å². The molecule has 140 valence electrons. The van der Waals surface area contributed by atoms with Crippen LogP contribution < -0.4 is 9.64 Å². The molecule has 0 radical (unpaired) electrons. The molecule has 1 aromatic carbocycles. The van der Waals surface area contributed by atoms with E-state index in [1.54, 1.807) is 31.4 Å². The number of carbonyl (C=O) groups excluding carboxylic acids is 1. The van der Waals surface area contributed by atoms with E-state index in [9.17, 15) is 9.18 Å². The maximum atomic E-state index is 14.5. The van der Waals surface area contributed by atoms with Gasteiger partial charge in [-0.25, -0.2) is 4.98 Å². The van der Waals surface area contributed by atoms with Gasteiger partial charge in [-0.05, 0) is 44.2 Å². The van der Waals surface area contributed by atoms with Crippen molar-refractivity contribution in [2.24, 2.45) is 0 Å². The van der Waals surface area contributed by atoms with Crippen molar-refractivity contribution in [3.63, 3.8) is 0 Å². The Balaban J connectivity index is 1.90. The van der Waals surface area contributed by atoms with E-state index in [-0.39, 0.29) is 17.8 Å². The van der Waals surface area contributed by atoms with Crippen LogP contribution in [0.25, 0.3) is 0 Å². The number of halogens is 1. The second-order valence-corrected chi connectivity index (χ2v) is 6.50. The average Bonchev–Trinajstić information content (AvgIpc) is 2.66. The highest BCUT2D eigenvalue weighted by Crippen LogP contribution is 2.23. The van der Waals surface area contributed by atoms with Crippen molar-refractivity contribution in [1.29, 1.82) is 0 Å². The number of benzene rings is 1. The van der Waals surface area contributed by atoms with Crippen molar-refractivity contribution >= 4 is 12.1 Å². The summed E-state index contributed by atoms with van der Waals surface area (Å²) in [6.45, 7) is 4.98. The van der Waals surface area contributed by atoms with Crippen LogP contribution in [0.3, 0.4) is 0 Å². The maximum absolute atomic E-state index is 14.5. The van der Waals surface area contributed by atoms with Gasteiger partial charge in [-0.15, -0.1) is 0 Å². The summed E-state index contributed by atoms with van der Waals surface area (Å²) in [5.74, 6) is 6.00. The monoisotopic (exact) mass is 368 g/mol. The van der Waals surface area contributed by atoms with Gasteiger partial charge in [-0.1, -0.05) is 11.8 Å². The molecule has 5 nitrogen and oxygen atoms in total. The van der Waals surface area contributed by atoms with Crippen LogP contribution in [0.2, 0.25) is 0 Å². The normalized spacial score (nSPS) is 19.2. The van der Waals surface area contributed by atoms with Gasteiger partial charge in [-0.2, -0.15) is 4.39 Å². The molecule has 3 rings (SSSR count). The number of hydrogen-bond donors (Lipinski definition) is 0. The Labute approximate surface area is 158 Å². The molecule has 6 heteroatoms. The molecule has 1 aliphatic heterocycles. The molecule has 0 amide bonds. The molecular formula is C21H21FN2O3. The number of aromatic nitrogens is 1. The van der Waals surface area contributed by atoms with Gasteiger partial charge >= 0.3 is 0 Å². The highest BCUT2D eigenvalue weighted by molar-refractivity contribution is 5.83. The van der Waals surface area contributed by atoms with Gasteiger partial charge in [-0.3, -0.25) is 4.79 Å². The molecule has 2 unspecified atom stereocenters. The van der Waals surface area contributed by atoms with Crippen LogP contribution in [0, 0.1) is 17.8 Å². The summed E-state index contributed by atoms with van der Waals surface area (Å²) in [6.07, 6.45) is 0.644. The number of nitrogens with zero attached hydrogens (tertiary/aromatic N) is 2. The number of aldehydes is 1. The lowest BCUT2D eigenvalue weighted by molar-refractivity contribution is -0.00554. The molecule has 2 aromatic rings. The van der Waals surface area contributed by atoms with E-state index in [2.05, 4.69) is 16.8 Å². The summed E-state index contributed by atoms with van der Waals surface area (Å²) >= 11 is 0. The average molecular weight is 368 g/mol. The van der Waals surface area contributed by atoms with Crippen molar-refractivity contribution in [3.05, 3.63) is 53.0 Å². The van der Waals surface area contributed by atoms with E-state index in [0.29, 0.717) is 36.3 Å². The third-order valence-corrected chi connectivity index (χ3v) is 4.26. The molecule has 1 aliphatic rings. The van der Waals surface area contributed by atoms with Crippen molar-refractivity contribution in [3.8, 4) is 17.6 Å². The molecule has 2 heterocycles. The Morgan fingerprint density at radius 1 is 1.22 bits per heavy atom. The van der Waals surface area contributed by atoms with Gasteiger partial charge in [0, 0.05) is 18.7 Å². The lowest BCUT2D eigenvalue weighted by atomic mass is 10.1. The standard InChI is InChI=1S/C21H21FN2O3/c1-14-11-24(12-15(2)27-14)21-18(13-25)10-17(20(22)23-21)7-4-16-5-8-19(26-3)9-6-16/h5-6,8-10,13-15H,11-12H2,1-3H3. The zero-order valence-corrected chi connectivity index (χ0v) is 15.5. The van der Waals surface area contributed by atoms with Gasteiger partial charge in [0.2, 0.25) is 5.95 Å². The number of rotatable bonds is 3. The second-order valence-electron chi connectivity index (χ2n) is 6.50. The lowest BCUT2D eigenvalue weighted by Crippen LogP contribution is -2.46. The van der Waals surface area contributed by atoms with Crippen molar-refractivity contribution in [1.82, 2.24) is 4.98 Å². The van der Waals surface area contributed by atoms with E-state index in [1.807, 2.05) is 18.7 Å². The number of ether oxygens (including phenoxy) is 2. The Kier molecular flexibility index (Phi) is 5.72. The second kappa shape index (κ2) is 8.19. The van der Waals surface area contributed by atoms with Crippen LogP contribution in [0.15, 0.2) is 30.3 Å². The third kappa shape index (κ3) is 4.44. The van der Waals surface area contributed by atoms with E-state index in [4.69, 9.17) is 9.47 Å². The minimum Gasteiger partial charge on any atom is -0.497 e. The summed E-state index contributed by atoms with van der Waals surface area (Å²) in [5, 5.41) is 0. The molecule has 0 bridgehead atoms. The van der Waals surface area contributed by atoms with Gasteiger partial charge in [0.25, 0.3) is 0 Å². The molecule has 2 atom stereocenters. The molecule has 1 aromatic heterocycles. The number of methoxy groups -OCH3 is 1. The molecule has 0 spiro atoms. The number of anilines is 1.